The molecule has 1 aliphatic carbocycles. The molecular weight excluding hydrogens is 423 g/mol. The first-order valence-electron chi connectivity index (χ1n) is 11.0. The van der Waals surface area contributed by atoms with Crippen LogP contribution in [0, 0.1) is 5.82 Å². The third kappa shape index (κ3) is 4.49. The highest BCUT2D eigenvalue weighted by Crippen LogP contribution is 2.33. The third-order valence-corrected chi connectivity index (χ3v) is 7.32. The predicted octanol–water partition coefficient (Wildman–Crippen LogP) is 3.92. The van der Waals surface area contributed by atoms with E-state index in [0.717, 1.165) is 48.0 Å². The molecule has 1 aliphatic rings. The maximum Gasteiger partial charge on any atom is 0.262 e. The summed E-state index contributed by atoms with van der Waals surface area (Å²) >= 11 is 1.66. The van der Waals surface area contributed by atoms with Crippen molar-refractivity contribution >= 4 is 21.6 Å². The van der Waals surface area contributed by atoms with Gasteiger partial charge in [0.25, 0.3) is 5.56 Å². The molecule has 0 amide bonds. The number of aromatic nitrogens is 3. The second-order valence-corrected chi connectivity index (χ2v) is 9.39. The summed E-state index contributed by atoms with van der Waals surface area (Å²) in [6.45, 7) is 1.46. The van der Waals surface area contributed by atoms with Crippen LogP contribution in [0.1, 0.15) is 28.0 Å². The minimum atomic E-state index is -0.247. The number of hydrogen-bond acceptors (Lipinski definition) is 5. The molecule has 1 aromatic carbocycles. The van der Waals surface area contributed by atoms with Gasteiger partial charge in [-0.3, -0.25) is 14.3 Å². The smallest absolute Gasteiger partial charge is 0.262 e. The van der Waals surface area contributed by atoms with Crippen LogP contribution in [0.3, 0.4) is 0 Å². The van der Waals surface area contributed by atoms with Crippen LogP contribution in [0.15, 0.2) is 59.9 Å². The number of nitrogens with one attached hydrogen (secondary N) is 1. The number of benzene rings is 1. The number of hydrogen-bond donors (Lipinski definition) is 1. The maximum atomic E-state index is 13.2. The topological polar surface area (TPSA) is 59.8 Å². The molecule has 164 valence electrons. The van der Waals surface area contributed by atoms with E-state index in [1.807, 2.05) is 12.3 Å². The molecular formula is C25H25FN4OS. The molecule has 0 bridgehead atoms. The molecule has 5 nitrogen and oxygen atoms in total. The number of rotatable bonds is 7. The lowest BCUT2D eigenvalue weighted by Crippen LogP contribution is -2.35. The molecule has 1 atom stereocenters. The number of pyridine rings is 1. The van der Waals surface area contributed by atoms with Gasteiger partial charge in [0.05, 0.1) is 11.7 Å². The molecule has 0 aliphatic heterocycles. The van der Waals surface area contributed by atoms with Gasteiger partial charge in [0.15, 0.2) is 0 Å². The Morgan fingerprint density at radius 3 is 2.84 bits per heavy atom. The largest absolute Gasteiger partial charge is 0.313 e. The lowest BCUT2D eigenvalue weighted by Gasteiger charge is -2.23. The monoisotopic (exact) mass is 448 g/mol. The van der Waals surface area contributed by atoms with Crippen LogP contribution < -0.4 is 10.9 Å². The molecule has 4 aromatic rings. The Hall–Kier alpha value is -2.90. The standard InChI is InChI=1S/C25H25FN4OS/c26-19-5-3-17(4-6-19)10-13-30-16-29-24-23(25(30)31)21-8-7-20(14-22(21)32-24)28-12-9-18-2-1-11-27-15-18/h1-6,11,15-16,20,28H,7-10,12-14H2. The van der Waals surface area contributed by atoms with E-state index in [-0.39, 0.29) is 11.4 Å². The normalized spacial score (nSPS) is 15.7. The van der Waals surface area contributed by atoms with E-state index in [1.54, 1.807) is 40.6 Å². The quantitative estimate of drug-likeness (QED) is 0.466. The van der Waals surface area contributed by atoms with Gasteiger partial charge in [-0.05, 0) is 73.5 Å². The van der Waals surface area contributed by atoms with Crippen molar-refractivity contribution in [3.8, 4) is 0 Å². The molecule has 1 unspecified atom stereocenters. The van der Waals surface area contributed by atoms with Crippen LogP contribution in [0.2, 0.25) is 0 Å². The number of fused-ring (bicyclic) bond motifs is 3. The van der Waals surface area contributed by atoms with Gasteiger partial charge in [-0.1, -0.05) is 18.2 Å². The van der Waals surface area contributed by atoms with Crippen LogP contribution in [-0.2, 0) is 32.2 Å². The van der Waals surface area contributed by atoms with E-state index >= 15 is 0 Å². The van der Waals surface area contributed by atoms with E-state index in [9.17, 15) is 9.18 Å². The summed E-state index contributed by atoms with van der Waals surface area (Å²) in [6, 6.07) is 10.9. The Labute approximate surface area is 190 Å². The predicted molar refractivity (Wildman–Crippen MR) is 126 cm³/mol. The van der Waals surface area contributed by atoms with Crippen molar-refractivity contribution in [2.24, 2.45) is 0 Å². The highest BCUT2D eigenvalue weighted by molar-refractivity contribution is 7.18. The molecule has 7 heteroatoms. The molecule has 5 rings (SSSR count). The van der Waals surface area contributed by atoms with Gasteiger partial charge < -0.3 is 5.32 Å². The SMILES string of the molecule is O=c1c2c3c(sc2ncn1CCc1ccc(F)cc1)CC(NCCc1cccnc1)CC3. The lowest BCUT2D eigenvalue weighted by molar-refractivity contribution is 0.466. The molecule has 0 radical (unpaired) electrons. The van der Waals surface area contributed by atoms with Gasteiger partial charge in [-0.25, -0.2) is 9.37 Å². The summed E-state index contributed by atoms with van der Waals surface area (Å²) in [7, 11) is 0. The van der Waals surface area contributed by atoms with Crippen molar-refractivity contribution < 1.29 is 4.39 Å². The Kier molecular flexibility index (Phi) is 6.10. The maximum absolute atomic E-state index is 13.2. The Morgan fingerprint density at radius 2 is 2.03 bits per heavy atom. The molecule has 0 spiro atoms. The fourth-order valence-corrected chi connectivity index (χ4v) is 5.66. The van der Waals surface area contributed by atoms with Crippen molar-refractivity contribution in [3.05, 3.63) is 92.9 Å². The van der Waals surface area contributed by atoms with Gasteiger partial charge >= 0.3 is 0 Å². The van der Waals surface area contributed by atoms with Gasteiger partial charge in [0.1, 0.15) is 10.6 Å². The highest BCUT2D eigenvalue weighted by atomic mass is 32.1. The molecule has 0 fully saturated rings. The van der Waals surface area contributed by atoms with E-state index in [0.29, 0.717) is 19.0 Å². The number of thiophene rings is 1. The number of nitrogens with zero attached hydrogens (tertiary/aromatic N) is 3. The average Bonchev–Trinajstić information content (AvgIpc) is 3.19. The minimum absolute atomic E-state index is 0.0394. The molecule has 3 aromatic heterocycles. The summed E-state index contributed by atoms with van der Waals surface area (Å²) in [5, 5.41) is 4.46. The van der Waals surface area contributed by atoms with Gasteiger partial charge in [0.2, 0.25) is 0 Å². The third-order valence-electron chi connectivity index (χ3n) is 6.16. The van der Waals surface area contributed by atoms with Crippen LogP contribution in [0.5, 0.6) is 0 Å². The van der Waals surface area contributed by atoms with Gasteiger partial charge in [0, 0.05) is 29.9 Å². The van der Waals surface area contributed by atoms with E-state index in [1.165, 1.54) is 28.1 Å². The highest BCUT2D eigenvalue weighted by Gasteiger charge is 2.25. The minimum Gasteiger partial charge on any atom is -0.313 e. The van der Waals surface area contributed by atoms with Gasteiger partial charge in [-0.2, -0.15) is 0 Å². The first kappa shape index (κ1) is 21.0. The van der Waals surface area contributed by atoms with Gasteiger partial charge in [-0.15, -0.1) is 11.3 Å². The van der Waals surface area contributed by atoms with Crippen LogP contribution >= 0.6 is 11.3 Å². The molecule has 0 saturated heterocycles. The van der Waals surface area contributed by atoms with Crippen molar-refractivity contribution in [3.63, 3.8) is 0 Å². The average molecular weight is 449 g/mol. The van der Waals surface area contributed by atoms with Crippen molar-refractivity contribution in [1.29, 1.82) is 0 Å². The van der Waals surface area contributed by atoms with Crippen LogP contribution in [-0.4, -0.2) is 27.1 Å². The Morgan fingerprint density at radius 1 is 1.16 bits per heavy atom. The van der Waals surface area contributed by atoms with E-state index < -0.39 is 0 Å². The van der Waals surface area contributed by atoms with Crippen molar-refractivity contribution in [2.45, 2.75) is 44.7 Å². The first-order valence-corrected chi connectivity index (χ1v) is 11.9. The molecule has 32 heavy (non-hydrogen) atoms. The fourth-order valence-electron chi connectivity index (χ4n) is 4.40. The zero-order chi connectivity index (χ0) is 21.9. The summed E-state index contributed by atoms with van der Waals surface area (Å²) in [5.41, 5.74) is 3.47. The van der Waals surface area contributed by atoms with Crippen molar-refractivity contribution in [2.75, 3.05) is 6.54 Å². The first-order chi connectivity index (χ1) is 15.7. The van der Waals surface area contributed by atoms with Crippen LogP contribution in [0.4, 0.5) is 4.39 Å². The number of halogens is 1. The Bertz CT molecular complexity index is 1270. The summed E-state index contributed by atoms with van der Waals surface area (Å²) in [6.07, 6.45) is 9.87. The molecule has 1 N–H and O–H groups in total. The lowest BCUT2D eigenvalue weighted by atomic mass is 9.93. The summed E-state index contributed by atoms with van der Waals surface area (Å²) in [5.74, 6) is -0.247. The fraction of sp³-hybridized carbons (Fsp3) is 0.320. The van der Waals surface area contributed by atoms with Crippen LogP contribution in [0.25, 0.3) is 10.2 Å². The number of aryl methyl sites for hydroxylation is 3. The zero-order valence-corrected chi connectivity index (χ0v) is 18.6. The molecule has 3 heterocycles. The Balaban J connectivity index is 1.27. The van der Waals surface area contributed by atoms with Crippen molar-refractivity contribution in [1.82, 2.24) is 19.9 Å². The zero-order valence-electron chi connectivity index (χ0n) is 17.8. The second-order valence-electron chi connectivity index (χ2n) is 8.31. The summed E-state index contributed by atoms with van der Waals surface area (Å²) in [4.78, 5) is 24.1. The van der Waals surface area contributed by atoms with E-state index in [2.05, 4.69) is 21.4 Å². The summed E-state index contributed by atoms with van der Waals surface area (Å²) < 4.78 is 14.8. The molecule has 0 saturated carbocycles. The second kappa shape index (κ2) is 9.30. The van der Waals surface area contributed by atoms with E-state index in [4.69, 9.17) is 0 Å².